The average molecular weight is 299 g/mol. The van der Waals surface area contributed by atoms with Crippen LogP contribution in [0.25, 0.3) is 0 Å². The van der Waals surface area contributed by atoms with Gasteiger partial charge in [-0.15, -0.1) is 0 Å². The Balaban J connectivity index is 1.80. The van der Waals surface area contributed by atoms with Gasteiger partial charge in [0.05, 0.1) is 5.56 Å². The van der Waals surface area contributed by atoms with E-state index in [1.54, 1.807) is 11.1 Å². The molecule has 0 aromatic carbocycles. The lowest BCUT2D eigenvalue weighted by Crippen LogP contribution is -2.29. The fraction of sp³-hybridized carbons (Fsp3) is 0.312. The monoisotopic (exact) mass is 299 g/mol. The molecule has 1 amide bonds. The molecule has 0 aliphatic carbocycles. The summed E-state index contributed by atoms with van der Waals surface area (Å²) in [6, 6.07) is 8.52. The Hall–Kier alpha value is -2.47. The fourth-order valence-electron chi connectivity index (χ4n) is 2.88. The Morgan fingerprint density at radius 2 is 2.18 bits per heavy atom. The van der Waals surface area contributed by atoms with E-state index in [1.165, 1.54) is 18.3 Å². The number of aromatic amines is 1. The van der Waals surface area contributed by atoms with Gasteiger partial charge in [0.15, 0.2) is 0 Å². The van der Waals surface area contributed by atoms with Gasteiger partial charge in [0.25, 0.3) is 5.91 Å². The molecule has 6 nitrogen and oxygen atoms in total. The predicted molar refractivity (Wildman–Crippen MR) is 80.5 cm³/mol. The van der Waals surface area contributed by atoms with Gasteiger partial charge in [-0.1, -0.05) is 6.07 Å². The zero-order valence-electron chi connectivity index (χ0n) is 12.0. The number of nitrogens with one attached hydrogen (secondary N) is 1. The highest BCUT2D eigenvalue weighted by molar-refractivity contribution is 5.94. The van der Waals surface area contributed by atoms with E-state index in [-0.39, 0.29) is 29.9 Å². The third-order valence-corrected chi connectivity index (χ3v) is 4.06. The van der Waals surface area contributed by atoms with Crippen molar-refractivity contribution in [1.82, 2.24) is 14.9 Å². The molecule has 2 N–H and O–H groups in total. The van der Waals surface area contributed by atoms with E-state index >= 15 is 0 Å². The molecule has 0 spiro atoms. The number of rotatable bonds is 3. The molecule has 3 rings (SSSR count). The van der Waals surface area contributed by atoms with Crippen LogP contribution in [0.2, 0.25) is 0 Å². The number of nitrogens with zero attached hydrogens (tertiary/aromatic N) is 2. The number of carbonyl (C=O) groups is 1. The van der Waals surface area contributed by atoms with E-state index in [1.807, 2.05) is 18.2 Å². The maximum atomic E-state index is 12.5. The minimum absolute atomic E-state index is 0.0106. The predicted octanol–water partition coefficient (Wildman–Crippen LogP) is 0.618. The second-order valence-corrected chi connectivity index (χ2v) is 5.46. The van der Waals surface area contributed by atoms with Crippen molar-refractivity contribution in [1.29, 1.82) is 0 Å². The van der Waals surface area contributed by atoms with Gasteiger partial charge in [-0.25, -0.2) is 0 Å². The molecule has 22 heavy (non-hydrogen) atoms. The Kier molecular flexibility index (Phi) is 4.02. The van der Waals surface area contributed by atoms with Crippen LogP contribution in [0.1, 0.15) is 22.0 Å². The normalized spacial score (nSPS) is 21.0. The van der Waals surface area contributed by atoms with Crippen LogP contribution < -0.4 is 5.56 Å². The summed E-state index contributed by atoms with van der Waals surface area (Å²) < 4.78 is 0. The van der Waals surface area contributed by atoms with Crippen molar-refractivity contribution in [3.05, 3.63) is 64.3 Å². The van der Waals surface area contributed by atoms with Crippen LogP contribution in [-0.2, 0) is 0 Å². The van der Waals surface area contributed by atoms with Gasteiger partial charge in [-0.3, -0.25) is 14.6 Å². The minimum atomic E-state index is -0.238. The second kappa shape index (κ2) is 6.11. The molecule has 6 heteroatoms. The van der Waals surface area contributed by atoms with Crippen LogP contribution in [0, 0.1) is 5.92 Å². The van der Waals surface area contributed by atoms with Crippen LogP contribution in [0.15, 0.2) is 47.5 Å². The maximum absolute atomic E-state index is 12.5. The smallest absolute Gasteiger partial charge is 0.255 e. The summed E-state index contributed by atoms with van der Waals surface area (Å²) in [5, 5.41) is 9.59. The number of hydrogen-bond donors (Lipinski definition) is 2. The molecule has 0 bridgehead atoms. The third-order valence-electron chi connectivity index (χ3n) is 4.06. The lowest BCUT2D eigenvalue weighted by Gasteiger charge is -2.16. The largest absolute Gasteiger partial charge is 0.396 e. The average Bonchev–Trinajstić information content (AvgIpc) is 3.00. The quantitative estimate of drug-likeness (QED) is 0.870. The SMILES string of the molecule is O=C(c1ccc(=O)[nH]c1)N1C[C@@H](CO)[C@H](c2ccccn2)C1. The first-order valence-electron chi connectivity index (χ1n) is 7.19. The molecule has 1 aliphatic rings. The first-order valence-corrected chi connectivity index (χ1v) is 7.19. The molecule has 0 saturated carbocycles. The molecule has 1 fully saturated rings. The van der Waals surface area contributed by atoms with Crippen molar-refractivity contribution in [3.63, 3.8) is 0 Å². The summed E-state index contributed by atoms with van der Waals surface area (Å²) in [7, 11) is 0. The number of carbonyl (C=O) groups excluding carboxylic acids is 1. The Morgan fingerprint density at radius 1 is 1.32 bits per heavy atom. The summed E-state index contributed by atoms with van der Waals surface area (Å²) in [6.07, 6.45) is 3.14. The van der Waals surface area contributed by atoms with E-state index in [9.17, 15) is 14.7 Å². The molecule has 114 valence electrons. The number of aliphatic hydroxyl groups is 1. The summed E-state index contributed by atoms with van der Waals surface area (Å²) in [5.74, 6) is -0.146. The Labute approximate surface area is 127 Å². The molecule has 1 saturated heterocycles. The highest BCUT2D eigenvalue weighted by atomic mass is 16.3. The minimum Gasteiger partial charge on any atom is -0.396 e. The van der Waals surface area contributed by atoms with Crippen LogP contribution in [0.4, 0.5) is 0 Å². The van der Waals surface area contributed by atoms with E-state index in [0.717, 1.165) is 5.69 Å². The van der Waals surface area contributed by atoms with Crippen molar-refractivity contribution in [2.45, 2.75) is 5.92 Å². The molecular formula is C16H17N3O3. The van der Waals surface area contributed by atoms with Gasteiger partial charge in [-0.2, -0.15) is 0 Å². The Morgan fingerprint density at radius 3 is 2.82 bits per heavy atom. The number of pyridine rings is 2. The van der Waals surface area contributed by atoms with Gasteiger partial charge in [0.1, 0.15) is 0 Å². The number of aliphatic hydroxyl groups excluding tert-OH is 1. The fourth-order valence-corrected chi connectivity index (χ4v) is 2.88. The van der Waals surface area contributed by atoms with Gasteiger partial charge in [0, 0.05) is 55.7 Å². The standard InChI is InChI=1S/C16H17N3O3/c20-10-12-8-19(9-13(12)14-3-1-2-6-17-14)16(22)11-4-5-15(21)18-7-11/h1-7,12-13,20H,8-10H2,(H,18,21)/t12-,13+/m0/s1. The molecule has 1 aliphatic heterocycles. The lowest BCUT2D eigenvalue weighted by molar-refractivity contribution is 0.0781. The first kappa shape index (κ1) is 14.5. The highest BCUT2D eigenvalue weighted by Gasteiger charge is 2.36. The lowest BCUT2D eigenvalue weighted by atomic mass is 9.93. The van der Waals surface area contributed by atoms with Gasteiger partial charge in [-0.05, 0) is 18.2 Å². The van der Waals surface area contributed by atoms with E-state index in [2.05, 4.69) is 9.97 Å². The highest BCUT2D eigenvalue weighted by Crippen LogP contribution is 2.31. The summed E-state index contributed by atoms with van der Waals surface area (Å²) >= 11 is 0. The molecule has 0 radical (unpaired) electrons. The molecule has 2 aromatic heterocycles. The molecular weight excluding hydrogens is 282 g/mol. The third kappa shape index (κ3) is 2.78. The zero-order valence-corrected chi connectivity index (χ0v) is 12.0. The number of hydrogen-bond acceptors (Lipinski definition) is 4. The van der Waals surface area contributed by atoms with Crippen LogP contribution >= 0.6 is 0 Å². The number of likely N-dealkylation sites (tertiary alicyclic amines) is 1. The van der Waals surface area contributed by atoms with E-state index in [4.69, 9.17) is 0 Å². The molecule has 2 atom stereocenters. The Bertz CT molecular complexity index is 694. The van der Waals surface area contributed by atoms with Crippen molar-refractivity contribution in [3.8, 4) is 0 Å². The molecule has 0 unspecified atom stereocenters. The van der Waals surface area contributed by atoms with Crippen molar-refractivity contribution < 1.29 is 9.90 Å². The number of amides is 1. The van der Waals surface area contributed by atoms with Crippen molar-refractivity contribution in [2.24, 2.45) is 5.92 Å². The second-order valence-electron chi connectivity index (χ2n) is 5.46. The van der Waals surface area contributed by atoms with Crippen LogP contribution in [0.3, 0.4) is 0 Å². The summed E-state index contributed by atoms with van der Waals surface area (Å²) in [5.41, 5.74) is 1.09. The maximum Gasteiger partial charge on any atom is 0.255 e. The molecule has 3 heterocycles. The summed E-state index contributed by atoms with van der Waals surface area (Å²) in [6.45, 7) is 1.01. The number of aromatic nitrogens is 2. The van der Waals surface area contributed by atoms with Crippen LogP contribution in [0.5, 0.6) is 0 Å². The summed E-state index contributed by atoms with van der Waals surface area (Å²) in [4.78, 5) is 32.1. The topological polar surface area (TPSA) is 86.3 Å². The number of H-pyrrole nitrogens is 1. The van der Waals surface area contributed by atoms with E-state index < -0.39 is 0 Å². The van der Waals surface area contributed by atoms with Crippen molar-refractivity contribution >= 4 is 5.91 Å². The first-order chi connectivity index (χ1) is 10.7. The van der Waals surface area contributed by atoms with Gasteiger partial charge in [0.2, 0.25) is 5.56 Å². The van der Waals surface area contributed by atoms with E-state index in [0.29, 0.717) is 18.7 Å². The van der Waals surface area contributed by atoms with Crippen LogP contribution in [-0.4, -0.2) is 45.6 Å². The van der Waals surface area contributed by atoms with Gasteiger partial charge < -0.3 is 15.0 Å². The zero-order chi connectivity index (χ0) is 15.5. The molecule has 2 aromatic rings. The van der Waals surface area contributed by atoms with Crippen molar-refractivity contribution in [2.75, 3.05) is 19.7 Å². The van der Waals surface area contributed by atoms with Gasteiger partial charge >= 0.3 is 0 Å².